The van der Waals surface area contributed by atoms with Gasteiger partial charge in [-0.1, -0.05) is 41.9 Å². The van der Waals surface area contributed by atoms with Crippen LogP contribution < -0.4 is 5.32 Å². The zero-order valence-corrected chi connectivity index (χ0v) is 17.6. The van der Waals surface area contributed by atoms with Crippen LogP contribution in [0.3, 0.4) is 0 Å². The Morgan fingerprint density at radius 3 is 2.61 bits per heavy atom. The molecule has 1 unspecified atom stereocenters. The molecule has 1 amide bonds. The molecule has 4 rings (SSSR count). The lowest BCUT2D eigenvalue weighted by atomic mass is 10.1. The van der Waals surface area contributed by atoms with E-state index in [-0.39, 0.29) is 5.56 Å². The first-order valence-corrected chi connectivity index (χ1v) is 10.0. The highest BCUT2D eigenvalue weighted by molar-refractivity contribution is 6.31. The number of nitrogens with zero attached hydrogens (tertiary/aromatic N) is 1. The van der Waals surface area contributed by atoms with Gasteiger partial charge in [-0.15, -0.1) is 0 Å². The maximum absolute atomic E-state index is 12.8. The van der Waals surface area contributed by atoms with Gasteiger partial charge < -0.3 is 14.5 Å². The quantitative estimate of drug-likeness (QED) is 0.411. The predicted octanol–water partition coefficient (Wildman–Crippen LogP) is 5.64. The summed E-state index contributed by atoms with van der Waals surface area (Å²) in [4.78, 5) is 29.9. The summed E-state index contributed by atoms with van der Waals surface area (Å²) in [6.45, 7) is 3.36. The van der Waals surface area contributed by atoms with E-state index in [4.69, 9.17) is 20.8 Å². The predicted molar refractivity (Wildman–Crippen MR) is 119 cm³/mol. The van der Waals surface area contributed by atoms with Crippen molar-refractivity contribution >= 4 is 40.3 Å². The van der Waals surface area contributed by atoms with Crippen molar-refractivity contribution in [3.8, 4) is 11.5 Å². The largest absolute Gasteiger partial charge is 0.449 e. The molecular weight excluding hydrogens is 416 g/mol. The average Bonchev–Trinajstić information content (AvgIpc) is 3.20. The Kier molecular flexibility index (Phi) is 5.73. The van der Waals surface area contributed by atoms with Crippen LogP contribution in [0.1, 0.15) is 22.8 Å². The molecular formula is C24H19ClN2O4. The molecule has 0 saturated carbocycles. The highest BCUT2D eigenvalue weighted by Crippen LogP contribution is 2.28. The van der Waals surface area contributed by atoms with Gasteiger partial charge in [0.1, 0.15) is 5.52 Å². The Labute approximate surface area is 183 Å². The molecule has 0 spiro atoms. The number of esters is 1. The summed E-state index contributed by atoms with van der Waals surface area (Å²) in [7, 11) is 0. The molecule has 7 heteroatoms. The first kappa shape index (κ1) is 20.6. The fourth-order valence-electron chi connectivity index (χ4n) is 3.08. The minimum atomic E-state index is -1.03. The van der Waals surface area contributed by atoms with Gasteiger partial charge in [-0.3, -0.25) is 4.79 Å². The van der Waals surface area contributed by atoms with E-state index in [1.165, 1.54) is 6.92 Å². The molecule has 0 aliphatic rings. The van der Waals surface area contributed by atoms with Gasteiger partial charge in [0.25, 0.3) is 5.91 Å². The summed E-state index contributed by atoms with van der Waals surface area (Å²) in [6.07, 6.45) is -1.03. The number of nitrogens with one attached hydrogen (secondary N) is 1. The third-order valence-corrected chi connectivity index (χ3v) is 5.02. The third-order valence-electron chi connectivity index (χ3n) is 4.78. The van der Waals surface area contributed by atoms with Crippen LogP contribution in [0.5, 0.6) is 0 Å². The molecule has 0 bridgehead atoms. The number of amides is 1. The number of halogens is 1. The summed E-state index contributed by atoms with van der Waals surface area (Å²) in [5.74, 6) is -0.804. The van der Waals surface area contributed by atoms with Crippen molar-refractivity contribution in [3.05, 3.63) is 82.9 Å². The SMILES string of the molecule is Cc1ccc(Cl)cc1NC(=O)C(C)OC(=O)c1ccccc1-c1nc2ccccc2o1. The third kappa shape index (κ3) is 4.44. The Balaban J connectivity index is 1.53. The van der Waals surface area contributed by atoms with Crippen molar-refractivity contribution in [2.24, 2.45) is 0 Å². The zero-order valence-electron chi connectivity index (χ0n) is 16.9. The minimum Gasteiger partial charge on any atom is -0.449 e. The summed E-state index contributed by atoms with van der Waals surface area (Å²) in [5, 5.41) is 3.24. The second kappa shape index (κ2) is 8.62. The zero-order chi connectivity index (χ0) is 22.0. The molecule has 1 heterocycles. The van der Waals surface area contributed by atoms with Gasteiger partial charge in [0.05, 0.1) is 11.1 Å². The van der Waals surface area contributed by atoms with Crippen molar-refractivity contribution in [2.75, 3.05) is 5.32 Å². The number of ether oxygens (including phenoxy) is 1. The number of fused-ring (bicyclic) bond motifs is 1. The van der Waals surface area contributed by atoms with Crippen molar-refractivity contribution in [1.29, 1.82) is 0 Å². The van der Waals surface area contributed by atoms with E-state index < -0.39 is 18.0 Å². The molecule has 0 aliphatic heterocycles. The number of carbonyl (C=O) groups is 2. The van der Waals surface area contributed by atoms with Gasteiger partial charge in [-0.05, 0) is 55.8 Å². The Hall–Kier alpha value is -3.64. The maximum atomic E-state index is 12.8. The summed E-state index contributed by atoms with van der Waals surface area (Å²) >= 11 is 6.00. The molecule has 1 aromatic heterocycles. The molecule has 0 fully saturated rings. The van der Waals surface area contributed by atoms with Crippen molar-refractivity contribution in [3.63, 3.8) is 0 Å². The topological polar surface area (TPSA) is 81.4 Å². The number of aromatic nitrogens is 1. The summed E-state index contributed by atoms with van der Waals surface area (Å²) in [5.41, 5.74) is 3.45. The van der Waals surface area contributed by atoms with Crippen LogP contribution in [0.25, 0.3) is 22.6 Å². The summed E-state index contributed by atoms with van der Waals surface area (Å²) < 4.78 is 11.2. The number of carbonyl (C=O) groups excluding carboxylic acids is 2. The number of aryl methyl sites for hydroxylation is 1. The molecule has 0 radical (unpaired) electrons. The molecule has 0 aliphatic carbocycles. The monoisotopic (exact) mass is 434 g/mol. The van der Waals surface area contributed by atoms with E-state index in [1.54, 1.807) is 48.5 Å². The molecule has 4 aromatic rings. The molecule has 1 N–H and O–H groups in total. The van der Waals surface area contributed by atoms with Crippen LogP contribution in [0.4, 0.5) is 5.69 Å². The maximum Gasteiger partial charge on any atom is 0.339 e. The molecule has 1 atom stereocenters. The number of benzene rings is 3. The smallest absolute Gasteiger partial charge is 0.339 e. The Morgan fingerprint density at radius 2 is 1.81 bits per heavy atom. The second-order valence-corrected chi connectivity index (χ2v) is 7.46. The molecule has 0 saturated heterocycles. The molecule has 156 valence electrons. The molecule has 31 heavy (non-hydrogen) atoms. The van der Waals surface area contributed by atoms with Gasteiger partial charge in [0, 0.05) is 10.7 Å². The lowest BCUT2D eigenvalue weighted by molar-refractivity contribution is -0.123. The van der Waals surface area contributed by atoms with Gasteiger partial charge >= 0.3 is 5.97 Å². The first-order valence-electron chi connectivity index (χ1n) is 9.65. The van der Waals surface area contributed by atoms with E-state index in [9.17, 15) is 9.59 Å². The van der Waals surface area contributed by atoms with Crippen LogP contribution in [-0.2, 0) is 9.53 Å². The number of hydrogen-bond donors (Lipinski definition) is 1. The van der Waals surface area contributed by atoms with Crippen LogP contribution in [0.15, 0.2) is 71.1 Å². The van der Waals surface area contributed by atoms with Crippen LogP contribution in [-0.4, -0.2) is 23.0 Å². The molecule has 3 aromatic carbocycles. The first-order chi connectivity index (χ1) is 14.9. The standard InChI is InChI=1S/C24H19ClN2O4/c1-14-11-12-16(25)13-20(14)26-22(28)15(2)30-24(29)18-8-4-3-7-17(18)23-27-19-9-5-6-10-21(19)31-23/h3-13,15H,1-2H3,(H,26,28). The summed E-state index contributed by atoms with van der Waals surface area (Å²) in [6, 6.07) is 19.3. The van der Waals surface area contributed by atoms with E-state index >= 15 is 0 Å². The fraction of sp³-hybridized carbons (Fsp3) is 0.125. The fourth-order valence-corrected chi connectivity index (χ4v) is 3.25. The van der Waals surface area contributed by atoms with E-state index in [2.05, 4.69) is 10.3 Å². The second-order valence-electron chi connectivity index (χ2n) is 7.03. The van der Waals surface area contributed by atoms with Gasteiger partial charge in [-0.25, -0.2) is 9.78 Å². The number of anilines is 1. The number of para-hydroxylation sites is 2. The van der Waals surface area contributed by atoms with Crippen LogP contribution in [0, 0.1) is 6.92 Å². The average molecular weight is 435 g/mol. The highest BCUT2D eigenvalue weighted by atomic mass is 35.5. The highest BCUT2D eigenvalue weighted by Gasteiger charge is 2.23. The lowest BCUT2D eigenvalue weighted by Gasteiger charge is -2.15. The Morgan fingerprint density at radius 1 is 1.06 bits per heavy atom. The van der Waals surface area contributed by atoms with Crippen molar-refractivity contribution < 1.29 is 18.7 Å². The van der Waals surface area contributed by atoms with Crippen LogP contribution in [0.2, 0.25) is 5.02 Å². The van der Waals surface area contributed by atoms with Gasteiger partial charge in [-0.2, -0.15) is 0 Å². The lowest BCUT2D eigenvalue weighted by Crippen LogP contribution is -2.30. The van der Waals surface area contributed by atoms with Gasteiger partial charge in [0.15, 0.2) is 11.7 Å². The van der Waals surface area contributed by atoms with E-state index in [0.29, 0.717) is 33.3 Å². The Bertz CT molecular complexity index is 1250. The van der Waals surface area contributed by atoms with E-state index in [1.807, 2.05) is 25.1 Å². The number of hydrogen-bond acceptors (Lipinski definition) is 5. The van der Waals surface area contributed by atoms with Crippen molar-refractivity contribution in [1.82, 2.24) is 4.98 Å². The number of oxazole rings is 1. The normalized spacial score (nSPS) is 11.8. The van der Waals surface area contributed by atoms with Crippen molar-refractivity contribution in [2.45, 2.75) is 20.0 Å². The number of rotatable bonds is 5. The van der Waals surface area contributed by atoms with Crippen LogP contribution >= 0.6 is 11.6 Å². The minimum absolute atomic E-state index is 0.257. The van der Waals surface area contributed by atoms with E-state index in [0.717, 1.165) is 5.56 Å². The van der Waals surface area contributed by atoms with Gasteiger partial charge in [0.2, 0.25) is 5.89 Å². The molecule has 6 nitrogen and oxygen atoms in total.